The van der Waals surface area contributed by atoms with Gasteiger partial charge in [-0.1, -0.05) is 0 Å². The Kier molecular flexibility index (Phi) is 3.27. The zero-order chi connectivity index (χ0) is 15.7. The third-order valence-corrected chi connectivity index (χ3v) is 3.27. The molecule has 0 spiro atoms. The van der Waals surface area contributed by atoms with E-state index in [0.717, 1.165) is 5.69 Å². The van der Waals surface area contributed by atoms with Gasteiger partial charge in [0.1, 0.15) is 11.6 Å². The second kappa shape index (κ2) is 5.26. The van der Waals surface area contributed by atoms with Crippen LogP contribution in [0.15, 0.2) is 40.3 Å². The minimum absolute atomic E-state index is 0.0857. The van der Waals surface area contributed by atoms with Crippen molar-refractivity contribution in [2.75, 3.05) is 0 Å². The monoisotopic (exact) mass is 293 g/mol. The second-order valence-corrected chi connectivity index (χ2v) is 4.85. The van der Waals surface area contributed by atoms with E-state index in [9.17, 15) is 9.59 Å². The summed E-state index contributed by atoms with van der Waals surface area (Å²) in [7, 11) is 0. The van der Waals surface area contributed by atoms with Crippen LogP contribution in [0, 0.1) is 18.3 Å². The zero-order valence-corrected chi connectivity index (χ0v) is 11.7. The second-order valence-electron chi connectivity index (χ2n) is 4.85. The molecule has 0 aliphatic carbocycles. The van der Waals surface area contributed by atoms with Crippen LogP contribution in [0.1, 0.15) is 17.0 Å². The van der Waals surface area contributed by atoms with E-state index in [4.69, 9.17) is 5.26 Å². The summed E-state index contributed by atoms with van der Waals surface area (Å²) in [6.07, 6.45) is 4.82. The van der Waals surface area contributed by atoms with Crippen LogP contribution >= 0.6 is 0 Å². The maximum atomic E-state index is 12.5. The van der Waals surface area contributed by atoms with Crippen molar-refractivity contribution in [3.8, 4) is 6.07 Å². The molecule has 0 aliphatic rings. The quantitative estimate of drug-likeness (QED) is 0.749. The number of hydrogen-bond donors (Lipinski definition) is 1. The minimum Gasteiger partial charge on any atom is -0.321 e. The summed E-state index contributed by atoms with van der Waals surface area (Å²) >= 11 is 0. The van der Waals surface area contributed by atoms with Crippen molar-refractivity contribution >= 4 is 10.9 Å². The van der Waals surface area contributed by atoms with E-state index in [1.165, 1.54) is 10.6 Å². The van der Waals surface area contributed by atoms with Crippen LogP contribution in [0.4, 0.5) is 0 Å². The van der Waals surface area contributed by atoms with Crippen LogP contribution in [0.25, 0.3) is 10.9 Å². The van der Waals surface area contributed by atoms with Crippen molar-refractivity contribution in [2.24, 2.45) is 0 Å². The van der Waals surface area contributed by atoms with Crippen LogP contribution < -0.4 is 11.1 Å². The fourth-order valence-corrected chi connectivity index (χ4v) is 2.12. The predicted molar refractivity (Wildman–Crippen MR) is 79.4 cm³/mol. The van der Waals surface area contributed by atoms with Crippen molar-refractivity contribution in [3.05, 3.63) is 68.4 Å². The highest BCUT2D eigenvalue weighted by Crippen LogP contribution is 2.06. The molecule has 0 fully saturated rings. The van der Waals surface area contributed by atoms with Gasteiger partial charge in [-0.25, -0.2) is 0 Å². The van der Waals surface area contributed by atoms with Crippen molar-refractivity contribution < 1.29 is 0 Å². The average molecular weight is 293 g/mol. The molecule has 0 saturated heterocycles. The number of nitrogens with zero attached hydrogens (tertiary/aromatic N) is 4. The number of aromatic amines is 1. The lowest BCUT2D eigenvalue weighted by Crippen LogP contribution is -2.23. The normalized spacial score (nSPS) is 10.5. The summed E-state index contributed by atoms with van der Waals surface area (Å²) in [5.41, 5.74) is 0.963. The van der Waals surface area contributed by atoms with E-state index in [-0.39, 0.29) is 17.7 Å². The smallest absolute Gasteiger partial charge is 0.266 e. The number of nitrogens with one attached hydrogen (secondary N) is 1. The van der Waals surface area contributed by atoms with Gasteiger partial charge in [0.25, 0.3) is 11.1 Å². The van der Waals surface area contributed by atoms with Gasteiger partial charge in [-0.3, -0.25) is 19.6 Å². The lowest BCUT2D eigenvalue weighted by atomic mass is 10.2. The largest absolute Gasteiger partial charge is 0.321 e. The summed E-state index contributed by atoms with van der Waals surface area (Å²) < 4.78 is 1.46. The predicted octanol–water partition coefficient (Wildman–Crippen LogP) is 0.708. The van der Waals surface area contributed by atoms with Gasteiger partial charge in [0, 0.05) is 12.4 Å². The summed E-state index contributed by atoms with van der Waals surface area (Å²) in [6.45, 7) is 2.10. The Morgan fingerprint density at radius 2 is 2.14 bits per heavy atom. The van der Waals surface area contributed by atoms with E-state index in [1.54, 1.807) is 30.7 Å². The number of rotatable bonds is 2. The molecule has 0 radical (unpaired) electrons. The van der Waals surface area contributed by atoms with E-state index in [2.05, 4.69) is 15.0 Å². The maximum Gasteiger partial charge on any atom is 0.266 e. The SMILES string of the molecule is Cc1cnc(Cn2ccc3[nH]c(=O)c(C#N)cc3c2=O)cn1. The molecule has 0 aromatic carbocycles. The van der Waals surface area contributed by atoms with Gasteiger partial charge in [0.15, 0.2) is 0 Å². The lowest BCUT2D eigenvalue weighted by Gasteiger charge is -2.07. The molecule has 22 heavy (non-hydrogen) atoms. The fraction of sp³-hybridized carbons (Fsp3) is 0.133. The fourth-order valence-electron chi connectivity index (χ4n) is 2.12. The molecule has 108 valence electrons. The number of aromatic nitrogens is 4. The number of hydrogen-bond acceptors (Lipinski definition) is 5. The maximum absolute atomic E-state index is 12.5. The molecule has 7 nitrogen and oxygen atoms in total. The van der Waals surface area contributed by atoms with Gasteiger partial charge in [0.05, 0.1) is 35.0 Å². The summed E-state index contributed by atoms with van der Waals surface area (Å²) in [4.78, 5) is 34.9. The van der Waals surface area contributed by atoms with Gasteiger partial charge in [0.2, 0.25) is 0 Å². The van der Waals surface area contributed by atoms with E-state index >= 15 is 0 Å². The lowest BCUT2D eigenvalue weighted by molar-refractivity contribution is 0.739. The molecule has 0 unspecified atom stereocenters. The Morgan fingerprint density at radius 1 is 1.32 bits per heavy atom. The number of fused-ring (bicyclic) bond motifs is 1. The van der Waals surface area contributed by atoms with Crippen molar-refractivity contribution in [2.45, 2.75) is 13.5 Å². The van der Waals surface area contributed by atoms with Crippen molar-refractivity contribution in [1.82, 2.24) is 19.5 Å². The van der Waals surface area contributed by atoms with Crippen molar-refractivity contribution in [3.63, 3.8) is 0 Å². The highest BCUT2D eigenvalue weighted by molar-refractivity contribution is 5.78. The van der Waals surface area contributed by atoms with E-state index in [0.29, 0.717) is 16.6 Å². The molecule has 3 aromatic rings. The van der Waals surface area contributed by atoms with Gasteiger partial charge < -0.3 is 9.55 Å². The molecule has 0 saturated carbocycles. The van der Waals surface area contributed by atoms with Gasteiger partial charge in [-0.15, -0.1) is 0 Å². The molecule has 3 rings (SSSR count). The van der Waals surface area contributed by atoms with Crippen molar-refractivity contribution in [1.29, 1.82) is 5.26 Å². The standard InChI is InChI=1S/C15H11N5O2/c1-9-6-18-11(7-17-9)8-20-3-2-13-12(15(20)22)4-10(5-16)14(21)19-13/h2-4,6-7H,8H2,1H3,(H,19,21). The highest BCUT2D eigenvalue weighted by atomic mass is 16.1. The van der Waals surface area contributed by atoms with Crippen LogP contribution in [-0.2, 0) is 6.54 Å². The Balaban J connectivity index is 2.12. The average Bonchev–Trinajstić information content (AvgIpc) is 2.52. The Morgan fingerprint density at radius 3 is 2.82 bits per heavy atom. The van der Waals surface area contributed by atoms with Crippen LogP contribution in [0.5, 0.6) is 0 Å². The summed E-state index contributed by atoms with van der Waals surface area (Å²) in [5, 5.41) is 9.19. The Bertz CT molecular complexity index is 1010. The molecule has 0 amide bonds. The molecule has 3 heterocycles. The van der Waals surface area contributed by atoms with E-state index < -0.39 is 5.56 Å². The van der Waals surface area contributed by atoms with Gasteiger partial charge in [-0.05, 0) is 19.1 Å². The topological polar surface area (TPSA) is 104 Å². The molecular weight excluding hydrogens is 282 g/mol. The third kappa shape index (κ3) is 2.38. The number of nitriles is 1. The Hall–Kier alpha value is -3.27. The van der Waals surface area contributed by atoms with Gasteiger partial charge in [-0.2, -0.15) is 5.26 Å². The summed E-state index contributed by atoms with van der Waals surface area (Å²) in [5.74, 6) is 0. The first-order chi connectivity index (χ1) is 10.6. The first kappa shape index (κ1) is 13.7. The molecule has 3 aromatic heterocycles. The first-order valence-electron chi connectivity index (χ1n) is 6.52. The first-order valence-corrected chi connectivity index (χ1v) is 6.52. The molecular formula is C15H11N5O2. The van der Waals surface area contributed by atoms with Gasteiger partial charge >= 0.3 is 0 Å². The minimum atomic E-state index is -0.503. The molecule has 7 heteroatoms. The number of pyridine rings is 2. The zero-order valence-electron chi connectivity index (χ0n) is 11.7. The number of aryl methyl sites for hydroxylation is 1. The highest BCUT2D eigenvalue weighted by Gasteiger charge is 2.08. The molecule has 0 aliphatic heterocycles. The molecule has 0 bridgehead atoms. The summed E-state index contributed by atoms with van der Waals surface area (Å²) in [6, 6.07) is 4.71. The number of H-pyrrole nitrogens is 1. The molecule has 1 N–H and O–H groups in total. The van der Waals surface area contributed by atoms with Crippen LogP contribution in [-0.4, -0.2) is 19.5 Å². The van der Waals surface area contributed by atoms with Crippen LogP contribution in [0.2, 0.25) is 0 Å². The van der Waals surface area contributed by atoms with E-state index in [1.807, 2.05) is 6.92 Å². The van der Waals surface area contributed by atoms with Crippen LogP contribution in [0.3, 0.4) is 0 Å². The Labute approximate surface area is 124 Å². The molecule has 0 atom stereocenters. The third-order valence-electron chi connectivity index (χ3n) is 3.27.